The van der Waals surface area contributed by atoms with Crippen LogP contribution in [0.1, 0.15) is 0 Å². The van der Waals surface area contributed by atoms with Crippen molar-refractivity contribution in [3.05, 3.63) is 152 Å². The largest absolute Gasteiger partial charge is 0.308 e. The summed E-state index contributed by atoms with van der Waals surface area (Å²) in [6.45, 7) is 0. The van der Waals surface area contributed by atoms with Crippen molar-refractivity contribution in [2.75, 3.05) is 0 Å². The van der Waals surface area contributed by atoms with E-state index in [0.29, 0.717) is 0 Å². The maximum atomic E-state index is 2.44. The van der Waals surface area contributed by atoms with Gasteiger partial charge in [-0.1, -0.05) is 115 Å². The van der Waals surface area contributed by atoms with Gasteiger partial charge in [0.15, 0.2) is 0 Å². The second kappa shape index (κ2) is 9.64. The minimum atomic E-state index is 1.19. The molecule has 210 valence electrons. The van der Waals surface area contributed by atoms with Gasteiger partial charge in [0.2, 0.25) is 0 Å². The first-order chi connectivity index (χ1) is 22.3. The fourth-order valence-electron chi connectivity index (χ4n) is 7.15. The van der Waals surface area contributed by atoms with Gasteiger partial charge < -0.3 is 4.57 Å². The molecule has 0 fully saturated rings. The van der Waals surface area contributed by atoms with Gasteiger partial charge in [0, 0.05) is 46.9 Å². The summed E-state index contributed by atoms with van der Waals surface area (Å²) in [5.74, 6) is 0. The van der Waals surface area contributed by atoms with Crippen molar-refractivity contribution in [3.63, 3.8) is 0 Å². The van der Waals surface area contributed by atoms with Crippen LogP contribution in [0.4, 0.5) is 0 Å². The predicted octanol–water partition coefficient (Wildman–Crippen LogP) is 12.9. The van der Waals surface area contributed by atoms with Crippen LogP contribution in [-0.2, 0) is 0 Å². The molecule has 1 nitrogen and oxygen atoms in total. The molecular formula is C42H25NS2. The number of nitrogens with zero attached hydrogens (tertiary/aromatic N) is 1. The molecule has 0 aliphatic heterocycles. The summed E-state index contributed by atoms with van der Waals surface area (Å²) < 4.78 is 7.79. The summed E-state index contributed by atoms with van der Waals surface area (Å²) in [5, 5.41) is 7.87. The van der Waals surface area contributed by atoms with E-state index in [4.69, 9.17) is 0 Å². The smallest absolute Gasteiger partial charge is 0.0727 e. The highest BCUT2D eigenvalue weighted by Crippen LogP contribution is 2.47. The Labute approximate surface area is 267 Å². The molecule has 10 rings (SSSR count). The fourth-order valence-corrected chi connectivity index (χ4v) is 9.67. The maximum absolute atomic E-state index is 2.44. The Morgan fingerprint density at radius 3 is 1.98 bits per heavy atom. The Morgan fingerprint density at radius 1 is 0.400 bits per heavy atom. The monoisotopic (exact) mass is 607 g/mol. The van der Waals surface area contributed by atoms with Crippen LogP contribution < -0.4 is 0 Å². The SMILES string of the molecule is c1ccc(-n2c3ccccc3c3sc4c(-c5ccccc5-c5ccc6c(c5)sc5cc7ccccc7cc56)cccc4c32)cc1. The Morgan fingerprint density at radius 2 is 1.09 bits per heavy atom. The molecule has 0 spiro atoms. The number of benzene rings is 7. The lowest BCUT2D eigenvalue weighted by molar-refractivity contribution is 1.19. The zero-order valence-corrected chi connectivity index (χ0v) is 25.8. The van der Waals surface area contributed by atoms with E-state index < -0.39 is 0 Å². The van der Waals surface area contributed by atoms with Crippen molar-refractivity contribution in [3.8, 4) is 27.9 Å². The molecule has 0 amide bonds. The van der Waals surface area contributed by atoms with Gasteiger partial charge in [-0.05, 0) is 63.9 Å². The zero-order valence-electron chi connectivity index (χ0n) is 24.2. The van der Waals surface area contributed by atoms with Crippen molar-refractivity contribution in [2.24, 2.45) is 0 Å². The molecule has 0 radical (unpaired) electrons. The summed E-state index contributed by atoms with van der Waals surface area (Å²) in [7, 11) is 0. The van der Waals surface area contributed by atoms with Crippen LogP contribution in [-0.4, -0.2) is 4.57 Å². The van der Waals surface area contributed by atoms with Gasteiger partial charge >= 0.3 is 0 Å². The third kappa shape index (κ3) is 3.72. The van der Waals surface area contributed by atoms with Gasteiger partial charge in [0.1, 0.15) is 0 Å². The van der Waals surface area contributed by atoms with Crippen LogP contribution in [0.2, 0.25) is 0 Å². The van der Waals surface area contributed by atoms with Gasteiger partial charge in [0.25, 0.3) is 0 Å². The minimum Gasteiger partial charge on any atom is -0.308 e. The van der Waals surface area contributed by atoms with Gasteiger partial charge in [-0.15, -0.1) is 22.7 Å². The van der Waals surface area contributed by atoms with Crippen molar-refractivity contribution in [1.29, 1.82) is 0 Å². The second-order valence-corrected chi connectivity index (χ2v) is 13.8. The third-order valence-corrected chi connectivity index (χ3v) is 11.6. The molecule has 7 aromatic carbocycles. The van der Waals surface area contributed by atoms with Crippen LogP contribution in [0, 0.1) is 0 Å². The molecule has 0 aliphatic rings. The van der Waals surface area contributed by atoms with Crippen molar-refractivity contribution < 1.29 is 0 Å². The standard InChI is InChI=1S/C42H25NS2/c1-2-13-29(14-3-1)43-37-20-9-8-17-34(37)42-40(43)35-19-10-18-33(41(35)45-42)31-16-7-6-15-30(31)28-21-22-32-36-23-26-11-4-5-12-27(26)24-39(36)44-38(32)25-28/h1-25H. The van der Waals surface area contributed by atoms with Crippen molar-refractivity contribution in [1.82, 2.24) is 4.57 Å². The number of rotatable bonds is 3. The highest BCUT2D eigenvalue weighted by atomic mass is 32.1. The molecule has 0 saturated carbocycles. The number of fused-ring (bicyclic) bond motifs is 9. The van der Waals surface area contributed by atoms with E-state index in [0.717, 1.165) is 0 Å². The van der Waals surface area contributed by atoms with E-state index in [1.165, 1.54) is 90.1 Å². The van der Waals surface area contributed by atoms with Crippen LogP contribution in [0.3, 0.4) is 0 Å². The highest BCUT2D eigenvalue weighted by molar-refractivity contribution is 7.27. The maximum Gasteiger partial charge on any atom is 0.0727 e. The number of para-hydroxylation sites is 2. The lowest BCUT2D eigenvalue weighted by Crippen LogP contribution is -1.93. The Hall–Kier alpha value is -5.22. The minimum absolute atomic E-state index is 1.19. The molecule has 45 heavy (non-hydrogen) atoms. The molecule has 10 aromatic rings. The normalized spacial score (nSPS) is 12.0. The summed E-state index contributed by atoms with van der Waals surface area (Å²) >= 11 is 3.81. The average molecular weight is 608 g/mol. The van der Waals surface area contributed by atoms with Gasteiger partial charge in [-0.25, -0.2) is 0 Å². The van der Waals surface area contributed by atoms with E-state index in [9.17, 15) is 0 Å². The lowest BCUT2D eigenvalue weighted by atomic mass is 9.93. The molecule has 0 atom stereocenters. The molecule has 3 heteroatoms. The molecule has 0 N–H and O–H groups in total. The quantitative estimate of drug-likeness (QED) is 0.188. The molecule has 3 aromatic heterocycles. The zero-order chi connectivity index (χ0) is 29.5. The summed E-state index contributed by atoms with van der Waals surface area (Å²) in [5.41, 5.74) is 8.82. The summed E-state index contributed by atoms with van der Waals surface area (Å²) in [6, 6.07) is 55.7. The van der Waals surface area contributed by atoms with E-state index >= 15 is 0 Å². The topological polar surface area (TPSA) is 4.93 Å². The summed E-state index contributed by atoms with van der Waals surface area (Å²) in [6.07, 6.45) is 0. The number of aromatic nitrogens is 1. The number of thiophene rings is 2. The van der Waals surface area contributed by atoms with E-state index in [1.54, 1.807) is 0 Å². The Bertz CT molecular complexity index is 2760. The van der Waals surface area contributed by atoms with Crippen molar-refractivity contribution in [2.45, 2.75) is 0 Å². The highest BCUT2D eigenvalue weighted by Gasteiger charge is 2.20. The van der Waals surface area contributed by atoms with Crippen LogP contribution in [0.5, 0.6) is 0 Å². The first kappa shape index (κ1) is 25.1. The average Bonchev–Trinajstić information content (AvgIpc) is 3.76. The lowest BCUT2D eigenvalue weighted by Gasteiger charge is -2.12. The van der Waals surface area contributed by atoms with Crippen molar-refractivity contribution >= 4 is 84.8 Å². The fraction of sp³-hybridized carbons (Fsp3) is 0. The Kier molecular flexibility index (Phi) is 5.39. The van der Waals surface area contributed by atoms with E-state index in [-0.39, 0.29) is 0 Å². The van der Waals surface area contributed by atoms with Gasteiger partial charge in [-0.3, -0.25) is 0 Å². The number of hydrogen-bond donors (Lipinski definition) is 0. The van der Waals surface area contributed by atoms with Gasteiger partial charge in [0.05, 0.1) is 15.7 Å². The molecule has 0 aliphatic carbocycles. The molecule has 0 bridgehead atoms. The third-order valence-electron chi connectivity index (χ3n) is 9.18. The predicted molar refractivity (Wildman–Crippen MR) is 197 cm³/mol. The van der Waals surface area contributed by atoms with Crippen LogP contribution >= 0.6 is 22.7 Å². The first-order valence-corrected chi connectivity index (χ1v) is 16.9. The molecule has 0 unspecified atom stereocenters. The van der Waals surface area contributed by atoms with Crippen LogP contribution in [0.25, 0.3) is 90.1 Å². The molecular weight excluding hydrogens is 583 g/mol. The summed E-state index contributed by atoms with van der Waals surface area (Å²) in [4.78, 5) is 0. The number of hydrogen-bond acceptors (Lipinski definition) is 2. The molecule has 0 saturated heterocycles. The van der Waals surface area contributed by atoms with E-state index in [2.05, 4.69) is 156 Å². The van der Waals surface area contributed by atoms with E-state index in [1.807, 2.05) is 22.7 Å². The molecule has 3 heterocycles. The second-order valence-electron chi connectivity index (χ2n) is 11.7. The Balaban J connectivity index is 1.20. The van der Waals surface area contributed by atoms with Gasteiger partial charge in [-0.2, -0.15) is 0 Å². The first-order valence-electron chi connectivity index (χ1n) is 15.3. The van der Waals surface area contributed by atoms with Crippen LogP contribution in [0.15, 0.2) is 152 Å².